The summed E-state index contributed by atoms with van der Waals surface area (Å²) in [6.45, 7) is 13.3. The Morgan fingerprint density at radius 1 is 0.903 bits per heavy atom. The molecule has 2 atom stereocenters. The maximum atomic E-state index is 14.3. The Kier molecular flexibility index (Phi) is 7.92. The van der Waals surface area contributed by atoms with Crippen LogP contribution < -0.4 is 0 Å². The van der Waals surface area contributed by atoms with Crippen molar-refractivity contribution in [3.63, 3.8) is 0 Å². The van der Waals surface area contributed by atoms with Crippen LogP contribution in [0.15, 0.2) is 24.3 Å². The predicted molar refractivity (Wildman–Crippen MR) is 132 cm³/mol. The number of aryl methyl sites for hydroxylation is 2. The molecule has 0 spiro atoms. The highest BCUT2D eigenvalue weighted by molar-refractivity contribution is 7.96. The van der Waals surface area contributed by atoms with Gasteiger partial charge >= 0.3 is 0 Å². The second-order valence-electron chi connectivity index (χ2n) is 9.01. The first kappa shape index (κ1) is 26.1. The van der Waals surface area contributed by atoms with Crippen LogP contribution in [0.25, 0.3) is 0 Å². The minimum atomic E-state index is -4.10. The molecule has 0 aliphatic heterocycles. The Balaban J connectivity index is 2.75. The second kappa shape index (κ2) is 9.40. The molecule has 0 saturated heterocycles. The molecule has 0 fully saturated rings. The van der Waals surface area contributed by atoms with Crippen molar-refractivity contribution in [3.05, 3.63) is 67.2 Å². The summed E-state index contributed by atoms with van der Waals surface area (Å²) in [5.41, 5.74) is 0.402. The molecule has 0 amide bonds. The summed E-state index contributed by atoms with van der Waals surface area (Å²) in [7, 11) is -4.10. The fourth-order valence-corrected chi connectivity index (χ4v) is 7.44. The number of benzene rings is 2. The van der Waals surface area contributed by atoms with E-state index in [1.807, 2.05) is 26.0 Å². The lowest BCUT2D eigenvalue weighted by molar-refractivity contribution is 0.103. The van der Waals surface area contributed by atoms with Crippen LogP contribution in [-0.2, 0) is 9.98 Å². The molecule has 168 valence electrons. The molecule has 2 rings (SSSR count). The molecule has 0 saturated carbocycles. The van der Waals surface area contributed by atoms with E-state index < -0.39 is 23.8 Å². The van der Waals surface area contributed by atoms with Crippen LogP contribution in [0.4, 0.5) is 0 Å². The molecule has 0 aromatic heterocycles. The summed E-state index contributed by atoms with van der Waals surface area (Å²) in [6, 6.07) is 6.58. The number of halogens is 3. The van der Waals surface area contributed by atoms with Crippen LogP contribution >= 0.6 is 41.9 Å². The first-order valence-corrected chi connectivity index (χ1v) is 13.0. The Labute approximate surface area is 199 Å². The van der Waals surface area contributed by atoms with Gasteiger partial charge in [-0.15, -0.1) is 0 Å². The molecule has 0 aliphatic carbocycles. The molecule has 7 heteroatoms. The summed E-state index contributed by atoms with van der Waals surface area (Å²) in [5, 5.41) is 0.214. The number of hydrogen-bond acceptors (Lipinski definition) is 3. The van der Waals surface area contributed by atoms with Gasteiger partial charge in [0.2, 0.25) is 18.2 Å². The molecule has 2 aromatic rings. The number of rotatable bonds is 6. The van der Waals surface area contributed by atoms with Gasteiger partial charge in [-0.3, -0.25) is 9.59 Å². The lowest BCUT2D eigenvalue weighted by Gasteiger charge is -2.26. The van der Waals surface area contributed by atoms with Gasteiger partial charge in [0.15, 0.2) is 0 Å². The molecule has 0 N–H and O–H groups in total. The fraction of sp³-hybridized carbons (Fsp3) is 0.417. The van der Waals surface area contributed by atoms with E-state index in [0.29, 0.717) is 23.1 Å². The van der Waals surface area contributed by atoms with Crippen molar-refractivity contribution in [3.8, 4) is 0 Å². The second-order valence-corrected chi connectivity index (χ2v) is 13.3. The third-order valence-corrected chi connectivity index (χ3v) is 9.72. The average molecular weight is 502 g/mol. The third kappa shape index (κ3) is 4.96. The van der Waals surface area contributed by atoms with Crippen LogP contribution in [-0.4, -0.2) is 16.7 Å². The van der Waals surface area contributed by atoms with Crippen molar-refractivity contribution < 1.29 is 14.2 Å². The highest BCUT2D eigenvalue weighted by Gasteiger charge is 2.47. The highest BCUT2D eigenvalue weighted by atomic mass is 35.5. The van der Waals surface area contributed by atoms with Gasteiger partial charge in [-0.2, -0.15) is 0 Å². The maximum Gasteiger partial charge on any atom is 0.232 e. The molecule has 31 heavy (non-hydrogen) atoms. The maximum absolute atomic E-state index is 14.3. The molecule has 2 aromatic carbocycles. The number of hydrogen-bond donors (Lipinski definition) is 0. The molecule has 0 bridgehead atoms. The van der Waals surface area contributed by atoms with Gasteiger partial charge in [0.1, 0.15) is 0 Å². The monoisotopic (exact) mass is 500 g/mol. The Morgan fingerprint density at radius 3 is 1.71 bits per heavy atom. The first-order valence-electron chi connectivity index (χ1n) is 10.1. The van der Waals surface area contributed by atoms with Gasteiger partial charge in [0.25, 0.3) is 0 Å². The molecule has 0 radical (unpaired) electrons. The predicted octanol–water partition coefficient (Wildman–Crippen LogP) is 8.70. The largest absolute Gasteiger partial charge is 0.306 e. The van der Waals surface area contributed by atoms with Gasteiger partial charge in [-0.25, -0.2) is 0 Å². The number of carbonyl (C=O) groups is 2. The van der Waals surface area contributed by atoms with E-state index in [-0.39, 0.29) is 26.0 Å². The average Bonchev–Trinajstić information content (AvgIpc) is 2.64. The third-order valence-electron chi connectivity index (χ3n) is 5.65. The molecular weight excluding hydrogens is 474 g/mol. The van der Waals surface area contributed by atoms with Crippen molar-refractivity contribution in [1.29, 1.82) is 0 Å². The van der Waals surface area contributed by atoms with E-state index in [9.17, 15) is 14.2 Å². The van der Waals surface area contributed by atoms with Gasteiger partial charge in [-0.05, 0) is 54.5 Å². The van der Waals surface area contributed by atoms with E-state index in [0.717, 1.165) is 5.56 Å². The van der Waals surface area contributed by atoms with E-state index in [1.165, 1.54) is 12.1 Å². The SMILES string of the molecule is CCC(C)P(=O)(C(=O)c1c(C)cc(C(C)(C)C)cc1C)C(=O)c1c(Cl)cc(Cl)cc1Cl. The Morgan fingerprint density at radius 2 is 1.32 bits per heavy atom. The minimum absolute atomic E-state index is 0.0182. The highest BCUT2D eigenvalue weighted by Crippen LogP contribution is 2.59. The molecule has 2 unspecified atom stereocenters. The zero-order valence-corrected chi connectivity index (χ0v) is 22.1. The van der Waals surface area contributed by atoms with Crippen LogP contribution in [0, 0.1) is 13.8 Å². The van der Waals surface area contributed by atoms with E-state index in [4.69, 9.17) is 34.8 Å². The Hall–Kier alpha value is -1.12. The van der Waals surface area contributed by atoms with Gasteiger partial charge < -0.3 is 4.57 Å². The van der Waals surface area contributed by atoms with Crippen molar-refractivity contribution >= 4 is 53.0 Å². The lowest BCUT2D eigenvalue weighted by atomic mass is 9.84. The van der Waals surface area contributed by atoms with E-state index in [1.54, 1.807) is 13.8 Å². The van der Waals surface area contributed by atoms with Crippen molar-refractivity contribution in [1.82, 2.24) is 0 Å². The van der Waals surface area contributed by atoms with Crippen LogP contribution in [0.5, 0.6) is 0 Å². The summed E-state index contributed by atoms with van der Waals surface area (Å²) in [4.78, 5) is 27.4. The lowest BCUT2D eigenvalue weighted by Crippen LogP contribution is -2.22. The van der Waals surface area contributed by atoms with Crippen LogP contribution in [0.2, 0.25) is 15.1 Å². The van der Waals surface area contributed by atoms with Crippen molar-refractivity contribution in [2.45, 2.75) is 66.0 Å². The quantitative estimate of drug-likeness (QED) is 0.372. The zero-order chi connectivity index (χ0) is 23.9. The summed E-state index contributed by atoms with van der Waals surface area (Å²) in [6.07, 6.45) is 0.385. The first-order chi connectivity index (χ1) is 14.2. The fourth-order valence-electron chi connectivity index (χ4n) is 3.56. The molecular formula is C24H28Cl3O3P. The summed E-state index contributed by atoms with van der Waals surface area (Å²) < 4.78 is 14.3. The summed E-state index contributed by atoms with van der Waals surface area (Å²) in [5.74, 6) is 0. The topological polar surface area (TPSA) is 51.2 Å². The van der Waals surface area contributed by atoms with Crippen molar-refractivity contribution in [2.24, 2.45) is 0 Å². The smallest absolute Gasteiger partial charge is 0.232 e. The molecule has 3 nitrogen and oxygen atoms in total. The zero-order valence-electron chi connectivity index (χ0n) is 18.9. The minimum Gasteiger partial charge on any atom is -0.306 e. The normalized spacial score (nSPS) is 14.8. The van der Waals surface area contributed by atoms with Crippen LogP contribution in [0.3, 0.4) is 0 Å². The Bertz CT molecular complexity index is 1050. The standard InChI is InChI=1S/C24H28Cl3O3P/c1-8-15(4)31(30,23(29)21-18(26)11-17(25)12-19(21)27)22(28)20-13(2)9-16(10-14(20)3)24(5,6)7/h9-12,15H,8H2,1-7H3. The van der Waals surface area contributed by atoms with Crippen LogP contribution in [0.1, 0.15) is 78.4 Å². The van der Waals surface area contributed by atoms with Gasteiger partial charge in [-0.1, -0.05) is 81.6 Å². The van der Waals surface area contributed by atoms with E-state index >= 15 is 0 Å². The molecule has 0 heterocycles. The van der Waals surface area contributed by atoms with Crippen molar-refractivity contribution in [2.75, 3.05) is 0 Å². The number of carbonyl (C=O) groups excluding carboxylic acids is 2. The van der Waals surface area contributed by atoms with Gasteiger partial charge in [0, 0.05) is 16.2 Å². The molecule has 0 aliphatic rings. The summed E-state index contributed by atoms with van der Waals surface area (Å²) >= 11 is 18.5. The van der Waals surface area contributed by atoms with E-state index in [2.05, 4.69) is 20.8 Å². The van der Waals surface area contributed by atoms with Gasteiger partial charge in [0.05, 0.1) is 15.6 Å².